The normalized spacial score (nSPS) is 43.4. The number of aliphatic carboxylic acids is 1. The molecule has 48 heavy (non-hydrogen) atoms. The third-order valence-electron chi connectivity index (χ3n) is 15.9. The molecule has 0 spiro atoms. The first-order chi connectivity index (χ1) is 23.2. The fourth-order valence-corrected chi connectivity index (χ4v) is 13.5. The molecule has 270 valence electrons. The summed E-state index contributed by atoms with van der Waals surface area (Å²) in [6, 6.07) is 0. The van der Waals surface area contributed by atoms with Gasteiger partial charge in [0, 0.05) is 38.1 Å². The largest absolute Gasteiger partial charge is 0.481 e. The van der Waals surface area contributed by atoms with Crippen LogP contribution in [-0.4, -0.2) is 92.2 Å². The van der Waals surface area contributed by atoms with Gasteiger partial charge in [-0.05, 0) is 107 Å². The molecular weight excluding hydrogens is 598 g/mol. The monoisotopic (exact) mass is 666 g/mol. The minimum Gasteiger partial charge on any atom is -0.481 e. The molecule has 0 amide bonds. The Morgan fingerprint density at radius 2 is 1.83 bits per heavy atom. The third kappa shape index (κ3) is 5.32. The van der Waals surface area contributed by atoms with Crippen LogP contribution in [0.1, 0.15) is 111 Å². The van der Waals surface area contributed by atoms with Crippen LogP contribution in [0.4, 0.5) is 0 Å². The van der Waals surface area contributed by atoms with Crippen LogP contribution in [0.25, 0.3) is 0 Å². The van der Waals surface area contributed by atoms with Crippen molar-refractivity contribution < 1.29 is 19.4 Å². The van der Waals surface area contributed by atoms with Gasteiger partial charge in [0.15, 0.2) is 0 Å². The van der Waals surface area contributed by atoms with Gasteiger partial charge in [-0.2, -0.15) is 0 Å². The highest BCUT2D eigenvalue weighted by molar-refractivity contribution is 5.90. The second-order valence-corrected chi connectivity index (χ2v) is 17.9. The van der Waals surface area contributed by atoms with Gasteiger partial charge >= 0.3 is 5.97 Å². The number of rotatable bonds is 14. The number of nitrogens with zero attached hydrogens (tertiary/aromatic N) is 2. The smallest absolute Gasteiger partial charge is 0.315 e. The van der Waals surface area contributed by atoms with E-state index < -0.39 is 22.2 Å². The van der Waals surface area contributed by atoms with E-state index in [4.69, 9.17) is 4.74 Å². The predicted octanol–water partition coefficient (Wildman–Crippen LogP) is 6.66. The first-order valence-electron chi connectivity index (χ1n) is 20.4. The van der Waals surface area contributed by atoms with E-state index >= 15 is 0 Å². The van der Waals surface area contributed by atoms with Crippen molar-refractivity contribution in [2.75, 3.05) is 52.9 Å². The summed E-state index contributed by atoms with van der Waals surface area (Å²) < 4.78 is 7.42. The molecule has 2 aliphatic heterocycles. The molecule has 4 saturated carbocycles. The number of likely N-dealkylation sites (N-methyl/N-ethyl adjacent to an activating group) is 1. The van der Waals surface area contributed by atoms with E-state index in [1.807, 2.05) is 0 Å². The molecule has 2 N–H and O–H groups in total. The van der Waals surface area contributed by atoms with Crippen LogP contribution in [0.2, 0.25) is 0 Å². The maximum absolute atomic E-state index is 14.2. The van der Waals surface area contributed by atoms with Gasteiger partial charge in [0.2, 0.25) is 0 Å². The lowest BCUT2D eigenvalue weighted by Gasteiger charge is -2.60. The summed E-state index contributed by atoms with van der Waals surface area (Å²) in [5.74, 6) is 1.75. The predicted molar refractivity (Wildman–Crippen MR) is 191 cm³/mol. The van der Waals surface area contributed by atoms with Gasteiger partial charge in [0.1, 0.15) is 11.7 Å². The minimum atomic E-state index is -1.14. The van der Waals surface area contributed by atoms with Gasteiger partial charge in [0.05, 0.1) is 17.6 Å². The summed E-state index contributed by atoms with van der Waals surface area (Å²) in [4.78, 5) is 33.0. The number of carbonyl (C=O) groups is 2. The number of hydrogen-bond donors (Lipinski definition) is 2. The fourth-order valence-electron chi connectivity index (χ4n) is 13.5. The Kier molecular flexibility index (Phi) is 10.3. The lowest BCUT2D eigenvalue weighted by Crippen LogP contribution is -2.65. The van der Waals surface area contributed by atoms with Crippen molar-refractivity contribution in [2.45, 2.75) is 123 Å². The standard InChI is InChI=1S/C41H67N3O4/c1-5-28(2)35-22-31-24-39(27-45)34-15-14-29(3)33(34)25-40(31,41(35,39)38(46)47)37-23-32(30-12-8-6-9-13-30)36(48-37)26-42-16-19-43(4)20-21-44-17-10-7-11-18-44/h22,27-34,36-37,42H,5-21,23-26H2,1-4H3,(H,46,47)/t28?,29-,31?,32+,33-,34-,36+,37-,39?,40?,41+/m1/s1. The van der Waals surface area contributed by atoms with E-state index in [0.717, 1.165) is 70.4 Å². The van der Waals surface area contributed by atoms with Crippen LogP contribution in [0.3, 0.4) is 0 Å². The van der Waals surface area contributed by atoms with Crippen molar-refractivity contribution in [1.82, 2.24) is 15.1 Å². The van der Waals surface area contributed by atoms with Crippen LogP contribution < -0.4 is 5.32 Å². The van der Waals surface area contributed by atoms with Gasteiger partial charge in [-0.3, -0.25) is 4.79 Å². The number of carboxylic acids is 1. The summed E-state index contributed by atoms with van der Waals surface area (Å²) in [7, 11) is 2.25. The Balaban J connectivity index is 1.14. The number of piperidine rings is 1. The Bertz CT molecular complexity index is 1200. The molecule has 0 aromatic rings. The molecule has 2 saturated heterocycles. The SMILES string of the molecule is CCC(C)C1=CC2CC3(C=O)[C@@H]4CC[C@@H](C)[C@H]4CC2([C@H]2C[C@@H](C4CCCCC4)[C@H](CNCCN(C)CCN4CCCCC4)O2)[C@]13C(=O)O. The summed E-state index contributed by atoms with van der Waals surface area (Å²) in [6.07, 6.45) is 19.7. The number of carbonyl (C=O) groups excluding carboxylic acids is 1. The molecule has 0 aromatic carbocycles. The lowest BCUT2D eigenvalue weighted by molar-refractivity contribution is -0.197. The highest BCUT2D eigenvalue weighted by Gasteiger charge is 2.86. The first kappa shape index (κ1) is 35.1. The van der Waals surface area contributed by atoms with Gasteiger partial charge < -0.3 is 29.8 Å². The van der Waals surface area contributed by atoms with E-state index in [1.54, 1.807) is 0 Å². The molecule has 7 heteroatoms. The van der Waals surface area contributed by atoms with E-state index in [1.165, 1.54) is 70.7 Å². The second kappa shape index (κ2) is 14.0. The molecule has 7 rings (SSSR count). The molecule has 4 bridgehead atoms. The van der Waals surface area contributed by atoms with Crippen LogP contribution in [-0.2, 0) is 14.3 Å². The Labute approximate surface area is 291 Å². The number of allylic oxidation sites excluding steroid dienone is 1. The average Bonchev–Trinajstić information content (AvgIpc) is 3.83. The molecule has 2 heterocycles. The number of hydrogen-bond acceptors (Lipinski definition) is 6. The summed E-state index contributed by atoms with van der Waals surface area (Å²) in [5, 5.41) is 15.5. The lowest BCUT2D eigenvalue weighted by atomic mass is 9.41. The highest BCUT2D eigenvalue weighted by Crippen LogP contribution is 2.84. The summed E-state index contributed by atoms with van der Waals surface area (Å²) in [6.45, 7) is 14.4. The number of nitrogens with one attached hydrogen (secondary N) is 1. The molecular formula is C41H67N3O4. The van der Waals surface area contributed by atoms with Crippen LogP contribution >= 0.6 is 0 Å². The molecule has 0 radical (unpaired) electrons. The molecule has 7 nitrogen and oxygen atoms in total. The van der Waals surface area contributed by atoms with Crippen LogP contribution in [0, 0.1) is 57.7 Å². The zero-order valence-corrected chi connectivity index (χ0v) is 30.8. The first-order valence-corrected chi connectivity index (χ1v) is 20.4. The van der Waals surface area contributed by atoms with Gasteiger partial charge in [-0.1, -0.05) is 77.4 Å². The molecule has 5 aliphatic carbocycles. The van der Waals surface area contributed by atoms with Crippen molar-refractivity contribution in [3.63, 3.8) is 0 Å². The van der Waals surface area contributed by atoms with Crippen LogP contribution in [0.5, 0.6) is 0 Å². The Morgan fingerprint density at radius 3 is 2.54 bits per heavy atom. The molecule has 0 aromatic heterocycles. The van der Waals surface area contributed by atoms with Gasteiger partial charge in [-0.25, -0.2) is 0 Å². The highest BCUT2D eigenvalue weighted by atomic mass is 16.5. The zero-order valence-electron chi connectivity index (χ0n) is 30.8. The maximum Gasteiger partial charge on any atom is 0.315 e. The average molecular weight is 666 g/mol. The van der Waals surface area contributed by atoms with Crippen molar-refractivity contribution >= 4 is 12.3 Å². The molecule has 6 fully saturated rings. The topological polar surface area (TPSA) is 82.1 Å². The van der Waals surface area contributed by atoms with E-state index in [9.17, 15) is 14.7 Å². The van der Waals surface area contributed by atoms with Crippen molar-refractivity contribution in [1.29, 1.82) is 0 Å². The summed E-state index contributed by atoms with van der Waals surface area (Å²) >= 11 is 0. The van der Waals surface area contributed by atoms with E-state index in [2.05, 4.69) is 49.0 Å². The van der Waals surface area contributed by atoms with E-state index in [0.29, 0.717) is 30.1 Å². The van der Waals surface area contributed by atoms with E-state index in [-0.39, 0.29) is 30.0 Å². The number of fused-ring (bicyclic) bond motifs is 2. The second-order valence-electron chi connectivity index (χ2n) is 17.9. The van der Waals surface area contributed by atoms with Crippen LogP contribution in [0.15, 0.2) is 11.6 Å². The molecule has 7 aliphatic rings. The fraction of sp³-hybridized carbons (Fsp3) is 0.902. The van der Waals surface area contributed by atoms with Crippen molar-refractivity contribution in [2.24, 2.45) is 57.7 Å². The molecule has 4 unspecified atom stereocenters. The Morgan fingerprint density at radius 1 is 1.08 bits per heavy atom. The number of ether oxygens (including phenoxy) is 1. The number of carboxylic acid groups (broad SMARTS) is 1. The third-order valence-corrected chi connectivity index (χ3v) is 15.9. The van der Waals surface area contributed by atoms with Gasteiger partial charge in [-0.15, -0.1) is 0 Å². The summed E-state index contributed by atoms with van der Waals surface area (Å²) in [5.41, 5.74) is -1.42. The van der Waals surface area contributed by atoms with Crippen molar-refractivity contribution in [3.05, 3.63) is 11.6 Å². The quantitative estimate of drug-likeness (QED) is 0.122. The molecule has 11 atom stereocenters. The van der Waals surface area contributed by atoms with Gasteiger partial charge in [0.25, 0.3) is 0 Å². The zero-order chi connectivity index (χ0) is 33.7. The van der Waals surface area contributed by atoms with Crippen molar-refractivity contribution in [3.8, 4) is 0 Å². The minimum absolute atomic E-state index is 0.105. The Hall–Kier alpha value is -1.28. The maximum atomic E-state index is 14.2. The number of likely N-dealkylation sites (tertiary alicyclic amines) is 1. The number of aldehydes is 1.